The number of aromatic hydroxyl groups is 4. The van der Waals surface area contributed by atoms with Gasteiger partial charge in [0.05, 0.1) is 6.21 Å². The molecule has 0 aliphatic rings. The number of benzene rings is 2. The quantitative estimate of drug-likeness (QED) is 0.281. The second-order valence-electron chi connectivity index (χ2n) is 4.27. The number of phenols is 4. The maximum absolute atomic E-state index is 11.8. The van der Waals surface area contributed by atoms with Crippen molar-refractivity contribution in [2.75, 3.05) is 0 Å². The van der Waals surface area contributed by atoms with Crippen LogP contribution in [0.3, 0.4) is 0 Å². The van der Waals surface area contributed by atoms with E-state index in [1.807, 2.05) is 0 Å². The van der Waals surface area contributed by atoms with Crippen LogP contribution in [0.5, 0.6) is 23.0 Å². The van der Waals surface area contributed by atoms with E-state index in [-0.39, 0.29) is 22.3 Å². The Balaban J connectivity index is 0.00000264. The topological polar surface area (TPSA) is 185 Å². The van der Waals surface area contributed by atoms with Gasteiger partial charge in [-0.1, -0.05) is 15.9 Å². The average Bonchev–Trinajstić information content (AvgIpc) is 2.47. The zero-order chi connectivity index (χ0) is 16.3. The molecule has 0 heterocycles. The van der Waals surface area contributed by atoms with E-state index < -0.39 is 23.2 Å². The number of hydrogen-bond acceptors (Lipinski definition) is 6. The summed E-state index contributed by atoms with van der Waals surface area (Å²) in [5, 5.41) is 41.1. The standard InChI is InChI=1S/C14H11BrN2O5.2H2O/c15-9-1-2-10(18)8(3-9)6-16-17-14(22)7-4-11(19)13(21)12(20)5-7;;/h1-6,18-21H,(H,17,22);2*1H2/b16-6+;;. The minimum absolute atomic E-state index is 0. The molecule has 0 saturated carbocycles. The largest absolute Gasteiger partial charge is 0.507 e. The van der Waals surface area contributed by atoms with E-state index >= 15 is 0 Å². The summed E-state index contributed by atoms with van der Waals surface area (Å²) in [6.07, 6.45) is 1.23. The van der Waals surface area contributed by atoms with Gasteiger partial charge in [-0.25, -0.2) is 5.43 Å². The number of halogens is 1. The Labute approximate surface area is 144 Å². The summed E-state index contributed by atoms with van der Waals surface area (Å²) in [4.78, 5) is 11.8. The van der Waals surface area contributed by atoms with Gasteiger partial charge in [-0.2, -0.15) is 5.10 Å². The van der Waals surface area contributed by atoms with Crippen LogP contribution < -0.4 is 5.43 Å². The third-order valence-corrected chi connectivity index (χ3v) is 3.18. The molecule has 2 rings (SSSR count). The molecule has 0 radical (unpaired) electrons. The lowest BCUT2D eigenvalue weighted by molar-refractivity contribution is 0.0954. The van der Waals surface area contributed by atoms with Crippen molar-refractivity contribution in [3.05, 3.63) is 45.9 Å². The third-order valence-electron chi connectivity index (χ3n) is 2.69. The normalized spacial score (nSPS) is 9.88. The first-order valence-corrected chi connectivity index (χ1v) is 6.74. The fraction of sp³-hybridized carbons (Fsp3) is 0. The van der Waals surface area contributed by atoms with Gasteiger partial charge in [0.15, 0.2) is 17.2 Å². The summed E-state index contributed by atoms with van der Waals surface area (Å²) in [6.45, 7) is 0. The highest BCUT2D eigenvalue weighted by Crippen LogP contribution is 2.35. The first kappa shape index (κ1) is 21.2. The molecule has 10 heteroatoms. The number of hydrazone groups is 1. The number of nitrogens with zero attached hydrogens (tertiary/aromatic N) is 1. The van der Waals surface area contributed by atoms with Crippen LogP contribution in [0.15, 0.2) is 39.9 Å². The summed E-state index contributed by atoms with van der Waals surface area (Å²) in [5.41, 5.74) is 2.45. The summed E-state index contributed by atoms with van der Waals surface area (Å²) < 4.78 is 0.728. The molecule has 0 unspecified atom stereocenters. The molecule has 0 aliphatic heterocycles. The van der Waals surface area contributed by atoms with Crippen LogP contribution in [0.2, 0.25) is 0 Å². The molecular formula is C14H15BrN2O7. The molecule has 9 N–H and O–H groups in total. The highest BCUT2D eigenvalue weighted by molar-refractivity contribution is 9.10. The van der Waals surface area contributed by atoms with E-state index in [1.165, 1.54) is 12.3 Å². The molecule has 0 fully saturated rings. The van der Waals surface area contributed by atoms with Gasteiger partial charge in [0.2, 0.25) is 0 Å². The van der Waals surface area contributed by atoms with Crippen molar-refractivity contribution in [1.82, 2.24) is 5.43 Å². The van der Waals surface area contributed by atoms with Crippen molar-refractivity contribution in [1.29, 1.82) is 0 Å². The van der Waals surface area contributed by atoms with Crippen LogP contribution >= 0.6 is 15.9 Å². The fourth-order valence-corrected chi connectivity index (χ4v) is 1.97. The Hall–Kier alpha value is -2.82. The average molecular weight is 403 g/mol. The number of nitrogens with one attached hydrogen (secondary N) is 1. The highest BCUT2D eigenvalue weighted by Gasteiger charge is 2.12. The molecule has 0 saturated heterocycles. The van der Waals surface area contributed by atoms with E-state index in [0.29, 0.717) is 5.56 Å². The van der Waals surface area contributed by atoms with Gasteiger partial charge in [-0.05, 0) is 30.3 Å². The molecular weight excluding hydrogens is 388 g/mol. The minimum Gasteiger partial charge on any atom is -0.507 e. The van der Waals surface area contributed by atoms with Gasteiger partial charge in [0, 0.05) is 15.6 Å². The zero-order valence-corrected chi connectivity index (χ0v) is 13.6. The van der Waals surface area contributed by atoms with Gasteiger partial charge in [-0.3, -0.25) is 4.79 Å². The molecule has 130 valence electrons. The zero-order valence-electron chi connectivity index (χ0n) is 12.0. The van der Waals surface area contributed by atoms with Crippen LogP contribution in [0.1, 0.15) is 15.9 Å². The first-order chi connectivity index (χ1) is 10.4. The maximum atomic E-state index is 11.8. The Bertz CT molecular complexity index is 742. The Morgan fingerprint density at radius 1 is 1.00 bits per heavy atom. The van der Waals surface area contributed by atoms with Gasteiger partial charge in [0.1, 0.15) is 5.75 Å². The second-order valence-corrected chi connectivity index (χ2v) is 5.18. The lowest BCUT2D eigenvalue weighted by Crippen LogP contribution is -2.17. The van der Waals surface area contributed by atoms with Crippen molar-refractivity contribution >= 4 is 28.1 Å². The summed E-state index contributed by atoms with van der Waals surface area (Å²) in [5.74, 6) is -2.69. The van der Waals surface area contributed by atoms with Crippen LogP contribution in [0.25, 0.3) is 0 Å². The van der Waals surface area contributed by atoms with E-state index in [9.17, 15) is 25.2 Å². The van der Waals surface area contributed by atoms with Gasteiger partial charge >= 0.3 is 0 Å². The molecule has 0 atom stereocenters. The highest BCUT2D eigenvalue weighted by atomic mass is 79.9. The molecule has 0 aliphatic carbocycles. The number of carbonyl (C=O) groups is 1. The number of amides is 1. The van der Waals surface area contributed by atoms with Crippen LogP contribution in [0, 0.1) is 0 Å². The van der Waals surface area contributed by atoms with E-state index in [2.05, 4.69) is 26.5 Å². The number of hydrogen-bond donors (Lipinski definition) is 5. The van der Waals surface area contributed by atoms with Crippen LogP contribution in [0.4, 0.5) is 0 Å². The summed E-state index contributed by atoms with van der Waals surface area (Å²) >= 11 is 3.24. The molecule has 0 spiro atoms. The fourth-order valence-electron chi connectivity index (χ4n) is 1.59. The Morgan fingerprint density at radius 3 is 2.17 bits per heavy atom. The van der Waals surface area contributed by atoms with Gasteiger partial charge < -0.3 is 31.4 Å². The molecule has 9 nitrogen and oxygen atoms in total. The number of phenolic OH excluding ortho intramolecular Hbond substituents is 4. The van der Waals surface area contributed by atoms with E-state index in [0.717, 1.165) is 16.6 Å². The maximum Gasteiger partial charge on any atom is 0.271 e. The molecule has 2 aromatic carbocycles. The predicted molar refractivity (Wildman–Crippen MR) is 89.5 cm³/mol. The molecule has 2 aromatic rings. The van der Waals surface area contributed by atoms with Crippen molar-refractivity contribution in [2.24, 2.45) is 5.10 Å². The van der Waals surface area contributed by atoms with E-state index in [1.54, 1.807) is 12.1 Å². The lowest BCUT2D eigenvalue weighted by atomic mass is 10.2. The van der Waals surface area contributed by atoms with Crippen LogP contribution in [-0.4, -0.2) is 43.5 Å². The van der Waals surface area contributed by atoms with Crippen molar-refractivity contribution in [2.45, 2.75) is 0 Å². The molecule has 24 heavy (non-hydrogen) atoms. The van der Waals surface area contributed by atoms with E-state index in [4.69, 9.17) is 0 Å². The van der Waals surface area contributed by atoms with Crippen molar-refractivity contribution < 1.29 is 36.2 Å². The smallest absolute Gasteiger partial charge is 0.271 e. The number of carbonyl (C=O) groups excluding carboxylic acids is 1. The Morgan fingerprint density at radius 2 is 1.58 bits per heavy atom. The van der Waals surface area contributed by atoms with Gasteiger partial charge in [-0.15, -0.1) is 0 Å². The summed E-state index contributed by atoms with van der Waals surface area (Å²) in [6, 6.07) is 6.67. The number of rotatable bonds is 3. The first-order valence-electron chi connectivity index (χ1n) is 5.95. The molecule has 0 aromatic heterocycles. The van der Waals surface area contributed by atoms with Crippen molar-refractivity contribution in [3.63, 3.8) is 0 Å². The predicted octanol–water partition coefficient (Wildman–Crippen LogP) is 0.386. The monoisotopic (exact) mass is 402 g/mol. The van der Waals surface area contributed by atoms with Crippen molar-refractivity contribution in [3.8, 4) is 23.0 Å². The SMILES string of the molecule is O.O.O=C(N/N=C/c1cc(Br)ccc1O)c1cc(O)c(O)c(O)c1. The molecule has 0 bridgehead atoms. The lowest BCUT2D eigenvalue weighted by Gasteiger charge is -2.04. The molecule has 1 amide bonds. The summed E-state index contributed by atoms with van der Waals surface area (Å²) in [7, 11) is 0. The third kappa shape index (κ3) is 4.84. The Kier molecular flexibility index (Phi) is 7.69. The van der Waals surface area contributed by atoms with Gasteiger partial charge in [0.25, 0.3) is 5.91 Å². The second kappa shape index (κ2) is 8.72. The van der Waals surface area contributed by atoms with Crippen LogP contribution in [-0.2, 0) is 0 Å². The minimum atomic E-state index is -0.712.